The maximum Gasteiger partial charge on any atom is 0.190 e. The Bertz CT molecular complexity index is 606. The van der Waals surface area contributed by atoms with E-state index in [-0.39, 0.29) is 0 Å². The van der Waals surface area contributed by atoms with E-state index in [1.807, 2.05) is 24.3 Å². The van der Waals surface area contributed by atoms with Crippen LogP contribution in [0.5, 0.6) is 5.75 Å². The molecule has 0 saturated heterocycles. The van der Waals surface area contributed by atoms with Crippen molar-refractivity contribution in [2.75, 3.05) is 27.2 Å². The highest BCUT2D eigenvalue weighted by atomic mass is 16.5. The minimum absolute atomic E-state index is 0.477. The van der Waals surface area contributed by atoms with Crippen molar-refractivity contribution in [2.45, 2.75) is 25.7 Å². The van der Waals surface area contributed by atoms with E-state index in [0.29, 0.717) is 5.92 Å². The van der Waals surface area contributed by atoms with Crippen LogP contribution in [0, 0.1) is 0 Å². The third kappa shape index (κ3) is 5.65. The largest absolute Gasteiger partial charge is 0.497 e. The van der Waals surface area contributed by atoms with Crippen molar-refractivity contribution < 1.29 is 9.15 Å². The summed E-state index contributed by atoms with van der Waals surface area (Å²) in [4.78, 5) is 4.25. The molecule has 2 aromatic rings. The van der Waals surface area contributed by atoms with Gasteiger partial charge in [0.15, 0.2) is 5.96 Å². The summed E-state index contributed by atoms with van der Waals surface area (Å²) < 4.78 is 10.5. The molecule has 0 radical (unpaired) electrons. The summed E-state index contributed by atoms with van der Waals surface area (Å²) in [6.45, 7) is 3.89. The molecule has 0 aliphatic rings. The van der Waals surface area contributed by atoms with E-state index in [2.05, 4.69) is 34.7 Å². The number of nitrogens with zero attached hydrogens (tertiary/aromatic N) is 1. The van der Waals surface area contributed by atoms with Gasteiger partial charge >= 0.3 is 0 Å². The Kier molecular flexibility index (Phi) is 7.21. The van der Waals surface area contributed by atoms with Gasteiger partial charge in [0.1, 0.15) is 11.5 Å². The molecule has 2 rings (SSSR count). The van der Waals surface area contributed by atoms with E-state index in [0.717, 1.165) is 43.4 Å². The van der Waals surface area contributed by atoms with Crippen molar-refractivity contribution in [2.24, 2.45) is 4.99 Å². The first kappa shape index (κ1) is 17.9. The molecular weight excluding hydrogens is 302 g/mol. The first-order valence-electron chi connectivity index (χ1n) is 8.33. The predicted molar refractivity (Wildman–Crippen MR) is 97.8 cm³/mol. The summed E-state index contributed by atoms with van der Waals surface area (Å²) in [5.74, 6) is 3.17. The lowest BCUT2D eigenvalue weighted by molar-refractivity contribution is 0.414. The molecule has 24 heavy (non-hydrogen) atoms. The summed E-state index contributed by atoms with van der Waals surface area (Å²) in [5, 5.41) is 6.65. The number of hydrogen-bond acceptors (Lipinski definition) is 3. The standard InChI is InChI=1S/C19H27N3O2/c1-15(16-6-8-17(23-3)9-7-16)10-12-21-19(20-2)22-13-11-18-5-4-14-24-18/h4-9,14-15H,10-13H2,1-3H3,(H2,20,21,22). The molecule has 1 unspecified atom stereocenters. The predicted octanol–water partition coefficient (Wildman–Crippen LogP) is 3.19. The third-order valence-electron chi connectivity index (χ3n) is 4.02. The molecule has 0 aliphatic heterocycles. The average molecular weight is 329 g/mol. The SMILES string of the molecule is CN=C(NCCc1ccco1)NCCC(C)c1ccc(OC)cc1. The second-order valence-electron chi connectivity index (χ2n) is 5.72. The Morgan fingerprint density at radius 1 is 1.17 bits per heavy atom. The summed E-state index contributed by atoms with van der Waals surface area (Å²) in [6.07, 6.45) is 3.57. The normalized spacial score (nSPS) is 12.7. The zero-order valence-electron chi connectivity index (χ0n) is 14.7. The summed E-state index contributed by atoms with van der Waals surface area (Å²) in [5.41, 5.74) is 1.32. The Morgan fingerprint density at radius 2 is 1.92 bits per heavy atom. The highest BCUT2D eigenvalue weighted by molar-refractivity contribution is 5.79. The molecule has 0 spiro atoms. The molecule has 5 nitrogen and oxygen atoms in total. The lowest BCUT2D eigenvalue weighted by Gasteiger charge is -2.15. The van der Waals surface area contributed by atoms with Gasteiger partial charge in [-0.2, -0.15) is 0 Å². The molecule has 0 amide bonds. The number of guanidine groups is 1. The van der Waals surface area contributed by atoms with Crippen LogP contribution >= 0.6 is 0 Å². The number of hydrogen-bond donors (Lipinski definition) is 2. The van der Waals surface area contributed by atoms with Crippen LogP contribution < -0.4 is 15.4 Å². The lowest BCUT2D eigenvalue weighted by Crippen LogP contribution is -2.39. The molecule has 0 aliphatic carbocycles. The van der Waals surface area contributed by atoms with Crippen molar-refractivity contribution in [1.82, 2.24) is 10.6 Å². The Labute approximate surface area is 144 Å². The van der Waals surface area contributed by atoms with Crippen molar-refractivity contribution in [3.05, 3.63) is 54.0 Å². The molecule has 0 fully saturated rings. The van der Waals surface area contributed by atoms with Gasteiger partial charge in [-0.05, 0) is 42.2 Å². The van der Waals surface area contributed by atoms with E-state index in [1.54, 1.807) is 20.4 Å². The third-order valence-corrected chi connectivity index (χ3v) is 4.02. The molecule has 1 heterocycles. The minimum Gasteiger partial charge on any atom is -0.497 e. The van der Waals surface area contributed by atoms with Crippen molar-refractivity contribution in [3.8, 4) is 5.75 Å². The number of furan rings is 1. The summed E-state index contributed by atoms with van der Waals surface area (Å²) in [6, 6.07) is 12.2. The van der Waals surface area contributed by atoms with Crippen LogP contribution in [0.4, 0.5) is 0 Å². The topological polar surface area (TPSA) is 58.8 Å². The molecule has 130 valence electrons. The second kappa shape index (κ2) is 9.65. The fourth-order valence-corrected chi connectivity index (χ4v) is 2.49. The lowest BCUT2D eigenvalue weighted by atomic mass is 9.98. The van der Waals surface area contributed by atoms with Gasteiger partial charge in [-0.3, -0.25) is 4.99 Å². The van der Waals surface area contributed by atoms with Gasteiger partial charge < -0.3 is 19.8 Å². The molecule has 2 N–H and O–H groups in total. The molecule has 1 aromatic heterocycles. The van der Waals surface area contributed by atoms with Crippen LogP contribution in [0.1, 0.15) is 30.6 Å². The Morgan fingerprint density at radius 3 is 2.54 bits per heavy atom. The highest BCUT2D eigenvalue weighted by Gasteiger charge is 2.06. The van der Waals surface area contributed by atoms with Gasteiger partial charge in [-0.15, -0.1) is 0 Å². The minimum atomic E-state index is 0.477. The number of nitrogens with one attached hydrogen (secondary N) is 2. The van der Waals surface area contributed by atoms with Gasteiger partial charge in [0, 0.05) is 26.6 Å². The van der Waals surface area contributed by atoms with Crippen molar-refractivity contribution in [1.29, 1.82) is 0 Å². The van der Waals surface area contributed by atoms with Gasteiger partial charge in [0.05, 0.1) is 13.4 Å². The zero-order valence-corrected chi connectivity index (χ0v) is 14.7. The van der Waals surface area contributed by atoms with Gasteiger partial charge in [-0.1, -0.05) is 19.1 Å². The fourth-order valence-electron chi connectivity index (χ4n) is 2.49. The molecule has 1 atom stereocenters. The highest BCUT2D eigenvalue weighted by Crippen LogP contribution is 2.21. The van der Waals surface area contributed by atoms with Crippen LogP contribution in [0.3, 0.4) is 0 Å². The number of methoxy groups -OCH3 is 1. The van der Waals surface area contributed by atoms with E-state index >= 15 is 0 Å². The number of benzene rings is 1. The van der Waals surface area contributed by atoms with E-state index < -0.39 is 0 Å². The fraction of sp³-hybridized carbons (Fsp3) is 0.421. The molecule has 0 bridgehead atoms. The molecule has 1 aromatic carbocycles. The van der Waals surface area contributed by atoms with E-state index in [9.17, 15) is 0 Å². The summed E-state index contributed by atoms with van der Waals surface area (Å²) in [7, 11) is 3.47. The molecular formula is C19H27N3O2. The average Bonchev–Trinajstić information content (AvgIpc) is 3.13. The van der Waals surface area contributed by atoms with E-state index in [4.69, 9.17) is 9.15 Å². The summed E-state index contributed by atoms with van der Waals surface area (Å²) >= 11 is 0. The first-order chi connectivity index (χ1) is 11.7. The van der Waals surface area contributed by atoms with Crippen molar-refractivity contribution >= 4 is 5.96 Å². The van der Waals surface area contributed by atoms with Crippen LogP contribution in [0.25, 0.3) is 0 Å². The number of rotatable bonds is 8. The van der Waals surface area contributed by atoms with E-state index in [1.165, 1.54) is 5.56 Å². The number of ether oxygens (including phenoxy) is 1. The van der Waals surface area contributed by atoms with Gasteiger partial charge in [-0.25, -0.2) is 0 Å². The Hall–Kier alpha value is -2.43. The maximum atomic E-state index is 5.32. The van der Waals surface area contributed by atoms with Gasteiger partial charge in [0.2, 0.25) is 0 Å². The maximum absolute atomic E-state index is 5.32. The van der Waals surface area contributed by atoms with Crippen LogP contribution in [-0.4, -0.2) is 33.2 Å². The number of aliphatic imine (C=N–C) groups is 1. The monoisotopic (exact) mass is 329 g/mol. The zero-order chi connectivity index (χ0) is 17.2. The first-order valence-corrected chi connectivity index (χ1v) is 8.33. The van der Waals surface area contributed by atoms with Crippen LogP contribution in [0.15, 0.2) is 52.1 Å². The van der Waals surface area contributed by atoms with Gasteiger partial charge in [0.25, 0.3) is 0 Å². The van der Waals surface area contributed by atoms with Crippen LogP contribution in [0.2, 0.25) is 0 Å². The van der Waals surface area contributed by atoms with Crippen LogP contribution in [-0.2, 0) is 6.42 Å². The van der Waals surface area contributed by atoms with Crippen molar-refractivity contribution in [3.63, 3.8) is 0 Å². The molecule has 5 heteroatoms. The second-order valence-corrected chi connectivity index (χ2v) is 5.72. The molecule has 0 saturated carbocycles. The smallest absolute Gasteiger partial charge is 0.190 e. The Balaban J connectivity index is 1.68. The quantitative estimate of drug-likeness (QED) is 0.577.